The Bertz CT molecular complexity index is 632. The van der Waals surface area contributed by atoms with Crippen LogP contribution in [0.4, 0.5) is 0 Å². The highest BCUT2D eigenvalue weighted by Crippen LogP contribution is 2.16. The van der Waals surface area contributed by atoms with Gasteiger partial charge in [-0.1, -0.05) is 30.3 Å². The minimum absolute atomic E-state index is 0.0759. The van der Waals surface area contributed by atoms with Gasteiger partial charge in [-0.2, -0.15) is 0 Å². The van der Waals surface area contributed by atoms with Gasteiger partial charge in [0.25, 0.3) is 5.91 Å². The zero-order valence-corrected chi connectivity index (χ0v) is 13.5. The molecule has 2 aromatic rings. The molecule has 0 aliphatic carbocycles. The largest absolute Gasteiger partial charge is 0.388 e. The van der Waals surface area contributed by atoms with Crippen LogP contribution in [-0.2, 0) is 6.54 Å². The summed E-state index contributed by atoms with van der Waals surface area (Å²) in [6.07, 6.45) is -0.0491. The number of carbonyl (C=O) groups is 1. The molecule has 0 spiro atoms. The van der Waals surface area contributed by atoms with Gasteiger partial charge in [0.05, 0.1) is 11.7 Å². The maximum absolute atomic E-state index is 12.3. The van der Waals surface area contributed by atoms with Crippen molar-refractivity contribution in [2.75, 3.05) is 6.54 Å². The van der Waals surface area contributed by atoms with Gasteiger partial charge >= 0.3 is 0 Å². The second-order valence-electron chi connectivity index (χ2n) is 5.50. The highest BCUT2D eigenvalue weighted by Gasteiger charge is 2.15. The van der Waals surface area contributed by atoms with Gasteiger partial charge in [-0.15, -0.1) is 0 Å². The maximum atomic E-state index is 12.3. The summed E-state index contributed by atoms with van der Waals surface area (Å²) in [4.78, 5) is 12.3. The molecule has 2 N–H and O–H groups in total. The van der Waals surface area contributed by atoms with Crippen molar-refractivity contribution in [1.29, 1.82) is 0 Å². The maximum Gasteiger partial charge on any atom is 0.253 e. The third kappa shape index (κ3) is 3.57. The second kappa shape index (κ2) is 7.27. The van der Waals surface area contributed by atoms with E-state index < -0.39 is 6.10 Å². The molecule has 0 saturated carbocycles. The lowest BCUT2D eigenvalue weighted by Gasteiger charge is -2.11. The van der Waals surface area contributed by atoms with Crippen LogP contribution in [0.1, 0.15) is 46.8 Å². The van der Waals surface area contributed by atoms with E-state index in [1.807, 2.05) is 50.2 Å². The summed E-state index contributed by atoms with van der Waals surface area (Å²) in [6.45, 7) is 7.34. The highest BCUT2D eigenvalue weighted by molar-refractivity contribution is 5.95. The molecule has 0 aliphatic rings. The molecule has 4 heteroatoms. The summed E-state index contributed by atoms with van der Waals surface area (Å²) in [7, 11) is 0. The Hall–Kier alpha value is -2.07. The minimum Gasteiger partial charge on any atom is -0.388 e. The van der Waals surface area contributed by atoms with E-state index in [1.165, 1.54) is 0 Å². The lowest BCUT2D eigenvalue weighted by Crippen LogP contribution is -2.26. The second-order valence-corrected chi connectivity index (χ2v) is 5.50. The number of aliphatic hydroxyl groups is 1. The molecule has 1 aromatic carbocycles. The number of benzene rings is 1. The topological polar surface area (TPSA) is 54.3 Å². The first kappa shape index (κ1) is 16.3. The molecule has 4 nitrogen and oxygen atoms in total. The summed E-state index contributed by atoms with van der Waals surface area (Å²) in [5.74, 6) is -0.0759. The fourth-order valence-corrected chi connectivity index (χ4v) is 2.78. The number of amides is 1. The highest BCUT2D eigenvalue weighted by atomic mass is 16.3. The number of hydrogen-bond acceptors (Lipinski definition) is 2. The normalized spacial score (nSPS) is 12.2. The molecule has 0 fully saturated rings. The number of aryl methyl sites for hydroxylation is 1. The average Bonchev–Trinajstić information content (AvgIpc) is 2.82. The Morgan fingerprint density at radius 2 is 1.95 bits per heavy atom. The quantitative estimate of drug-likeness (QED) is 0.861. The number of aliphatic hydroxyl groups excluding tert-OH is 1. The van der Waals surface area contributed by atoms with Gasteiger partial charge in [0.1, 0.15) is 0 Å². The van der Waals surface area contributed by atoms with E-state index in [9.17, 15) is 9.90 Å². The van der Waals surface area contributed by atoms with E-state index in [1.54, 1.807) is 0 Å². The SMILES string of the molecule is CCn1c(C)cc(C(=O)NCCC(O)c2ccccc2)c1C. The van der Waals surface area contributed by atoms with E-state index in [-0.39, 0.29) is 5.91 Å². The molecule has 118 valence electrons. The standard InChI is InChI=1S/C18H24N2O2/c1-4-20-13(2)12-16(14(20)3)18(22)19-11-10-17(21)15-8-6-5-7-9-15/h5-9,12,17,21H,4,10-11H2,1-3H3,(H,19,22). The van der Waals surface area contributed by atoms with Crippen LogP contribution in [0.2, 0.25) is 0 Å². The Morgan fingerprint density at radius 3 is 2.55 bits per heavy atom. The average molecular weight is 300 g/mol. The summed E-state index contributed by atoms with van der Waals surface area (Å²) >= 11 is 0. The van der Waals surface area contributed by atoms with Crippen molar-refractivity contribution in [3.05, 3.63) is 58.9 Å². The van der Waals surface area contributed by atoms with Crippen LogP contribution >= 0.6 is 0 Å². The van der Waals surface area contributed by atoms with Crippen molar-refractivity contribution < 1.29 is 9.90 Å². The van der Waals surface area contributed by atoms with Crippen LogP contribution in [0.15, 0.2) is 36.4 Å². The molecule has 2 rings (SSSR count). The van der Waals surface area contributed by atoms with Gasteiger partial charge in [0, 0.05) is 24.5 Å². The molecule has 0 aliphatic heterocycles. The molecule has 22 heavy (non-hydrogen) atoms. The van der Waals surface area contributed by atoms with E-state index >= 15 is 0 Å². The first-order valence-corrected chi connectivity index (χ1v) is 7.72. The lowest BCUT2D eigenvalue weighted by atomic mass is 10.1. The molecule has 0 radical (unpaired) electrons. The van der Waals surface area contributed by atoms with Gasteiger partial charge < -0.3 is 15.0 Å². The van der Waals surface area contributed by atoms with Gasteiger partial charge in [0.15, 0.2) is 0 Å². The van der Waals surface area contributed by atoms with Crippen molar-refractivity contribution in [3.8, 4) is 0 Å². The van der Waals surface area contributed by atoms with E-state index in [0.29, 0.717) is 18.5 Å². The van der Waals surface area contributed by atoms with Crippen LogP contribution in [0, 0.1) is 13.8 Å². The number of nitrogens with one attached hydrogen (secondary N) is 1. The van der Waals surface area contributed by atoms with Crippen molar-refractivity contribution in [2.24, 2.45) is 0 Å². The lowest BCUT2D eigenvalue weighted by molar-refractivity contribution is 0.0942. The van der Waals surface area contributed by atoms with Crippen molar-refractivity contribution in [3.63, 3.8) is 0 Å². The van der Waals surface area contributed by atoms with Crippen LogP contribution in [-0.4, -0.2) is 22.1 Å². The van der Waals surface area contributed by atoms with Crippen LogP contribution < -0.4 is 5.32 Å². The number of carbonyl (C=O) groups excluding carboxylic acids is 1. The fourth-order valence-electron chi connectivity index (χ4n) is 2.78. The summed E-state index contributed by atoms with van der Waals surface area (Å²) in [5.41, 5.74) is 3.67. The van der Waals surface area contributed by atoms with Gasteiger partial charge in [-0.3, -0.25) is 4.79 Å². The Balaban J connectivity index is 1.91. The molecule has 1 unspecified atom stereocenters. The Labute approximate surface area is 131 Å². The predicted molar refractivity (Wildman–Crippen MR) is 87.9 cm³/mol. The molecule has 1 atom stereocenters. The van der Waals surface area contributed by atoms with Crippen LogP contribution in [0.5, 0.6) is 0 Å². The minimum atomic E-state index is -0.551. The smallest absolute Gasteiger partial charge is 0.253 e. The molecular formula is C18H24N2O2. The molecule has 1 aromatic heterocycles. The predicted octanol–water partition coefficient (Wildman–Crippen LogP) is 2.98. The number of hydrogen-bond donors (Lipinski definition) is 2. The zero-order chi connectivity index (χ0) is 16.1. The molecule has 1 heterocycles. The summed E-state index contributed by atoms with van der Waals surface area (Å²) in [6, 6.07) is 11.4. The number of rotatable bonds is 6. The van der Waals surface area contributed by atoms with E-state index in [0.717, 1.165) is 23.5 Å². The van der Waals surface area contributed by atoms with Crippen molar-refractivity contribution >= 4 is 5.91 Å². The first-order chi connectivity index (χ1) is 10.5. The Morgan fingerprint density at radius 1 is 1.27 bits per heavy atom. The van der Waals surface area contributed by atoms with Crippen LogP contribution in [0.3, 0.4) is 0 Å². The van der Waals surface area contributed by atoms with Gasteiger partial charge in [-0.25, -0.2) is 0 Å². The van der Waals surface area contributed by atoms with Crippen LogP contribution in [0.25, 0.3) is 0 Å². The zero-order valence-electron chi connectivity index (χ0n) is 13.5. The van der Waals surface area contributed by atoms with Crippen molar-refractivity contribution in [2.45, 2.75) is 39.8 Å². The van der Waals surface area contributed by atoms with Crippen molar-refractivity contribution in [1.82, 2.24) is 9.88 Å². The first-order valence-electron chi connectivity index (χ1n) is 7.72. The summed E-state index contributed by atoms with van der Waals surface area (Å²) in [5, 5.41) is 13.0. The Kier molecular flexibility index (Phi) is 5.39. The molecule has 0 saturated heterocycles. The molecule has 1 amide bonds. The molecule has 0 bridgehead atoms. The van der Waals surface area contributed by atoms with E-state index in [2.05, 4.69) is 16.8 Å². The third-order valence-electron chi connectivity index (χ3n) is 4.02. The van der Waals surface area contributed by atoms with Gasteiger partial charge in [-0.05, 0) is 38.8 Å². The number of nitrogens with zero attached hydrogens (tertiary/aromatic N) is 1. The fraction of sp³-hybridized carbons (Fsp3) is 0.389. The van der Waals surface area contributed by atoms with Gasteiger partial charge in [0.2, 0.25) is 0 Å². The molecular weight excluding hydrogens is 276 g/mol. The van der Waals surface area contributed by atoms with E-state index in [4.69, 9.17) is 0 Å². The number of aromatic nitrogens is 1. The summed E-state index contributed by atoms with van der Waals surface area (Å²) < 4.78 is 2.12. The third-order valence-corrected chi connectivity index (χ3v) is 4.02. The monoisotopic (exact) mass is 300 g/mol.